The number of fused-ring (bicyclic) bond motifs is 1. The van der Waals surface area contributed by atoms with Crippen molar-refractivity contribution in [1.29, 1.82) is 0 Å². The minimum Gasteiger partial charge on any atom is -0.481 e. The van der Waals surface area contributed by atoms with Gasteiger partial charge in [-0.3, -0.25) is 4.79 Å². The summed E-state index contributed by atoms with van der Waals surface area (Å²) in [5.74, 6) is 0.528. The van der Waals surface area contributed by atoms with Gasteiger partial charge in [0.1, 0.15) is 18.0 Å². The van der Waals surface area contributed by atoms with Gasteiger partial charge in [-0.25, -0.2) is 4.79 Å². The summed E-state index contributed by atoms with van der Waals surface area (Å²) in [5, 5.41) is 0. The first-order valence-corrected chi connectivity index (χ1v) is 13.5. The molecular formula is C30H31O5S+. The fourth-order valence-electron chi connectivity index (χ4n) is 5.94. The molecule has 5 nitrogen and oxygen atoms in total. The third kappa shape index (κ3) is 4.39. The Kier molecular flexibility index (Phi) is 6.80. The molecule has 0 aromatic heterocycles. The predicted octanol–water partition coefficient (Wildman–Crippen LogP) is 5.47. The van der Waals surface area contributed by atoms with Crippen LogP contribution in [0.1, 0.15) is 24.0 Å². The lowest BCUT2D eigenvalue weighted by molar-refractivity contribution is -0.163. The van der Waals surface area contributed by atoms with E-state index >= 15 is 0 Å². The Morgan fingerprint density at radius 3 is 2.50 bits per heavy atom. The van der Waals surface area contributed by atoms with Gasteiger partial charge in [0, 0.05) is 24.0 Å². The van der Waals surface area contributed by atoms with Gasteiger partial charge in [0.25, 0.3) is 0 Å². The smallest absolute Gasteiger partial charge is 0.344 e. The van der Waals surface area contributed by atoms with E-state index in [0.717, 1.165) is 33.8 Å². The zero-order valence-corrected chi connectivity index (χ0v) is 21.5. The number of allylic oxidation sites excluding steroid dienone is 3. The average molecular weight is 504 g/mol. The van der Waals surface area contributed by atoms with Crippen LogP contribution < -0.4 is 4.74 Å². The highest BCUT2D eigenvalue weighted by Crippen LogP contribution is 2.55. The number of hydrogen-bond acceptors (Lipinski definition) is 5. The summed E-state index contributed by atoms with van der Waals surface area (Å²) in [4.78, 5) is 28.0. The van der Waals surface area contributed by atoms with Crippen LogP contribution in [0.5, 0.6) is 5.75 Å². The Morgan fingerprint density at radius 2 is 1.83 bits per heavy atom. The lowest BCUT2D eigenvalue weighted by Gasteiger charge is -2.25. The van der Waals surface area contributed by atoms with Crippen molar-refractivity contribution in [3.05, 3.63) is 89.9 Å². The molecule has 3 aliphatic rings. The van der Waals surface area contributed by atoms with Crippen molar-refractivity contribution in [2.75, 3.05) is 6.61 Å². The molecule has 2 aromatic rings. The summed E-state index contributed by atoms with van der Waals surface area (Å²) in [5.41, 5.74) is 1.89. The van der Waals surface area contributed by atoms with Crippen LogP contribution in [-0.4, -0.2) is 30.8 Å². The molecule has 6 atom stereocenters. The lowest BCUT2D eigenvalue weighted by Crippen LogP contribution is -2.37. The van der Waals surface area contributed by atoms with Crippen LogP contribution >= 0.6 is 0 Å². The maximum atomic E-state index is 12.7. The zero-order chi connectivity index (χ0) is 25.4. The lowest BCUT2D eigenvalue weighted by atomic mass is 9.88. The minimum atomic E-state index is -0.429. The first-order chi connectivity index (χ1) is 17.4. The largest absolute Gasteiger partial charge is 0.481 e. The maximum absolute atomic E-state index is 12.7. The maximum Gasteiger partial charge on any atom is 0.344 e. The van der Waals surface area contributed by atoms with Gasteiger partial charge in [0.2, 0.25) is 0 Å². The summed E-state index contributed by atoms with van der Waals surface area (Å²) in [6, 6.07) is 14.5. The Bertz CT molecular complexity index is 1210. The van der Waals surface area contributed by atoms with Crippen LogP contribution in [-0.2, 0) is 30.0 Å². The Balaban J connectivity index is 1.31. The normalized spacial score (nSPS) is 26.9. The molecule has 1 saturated heterocycles. The van der Waals surface area contributed by atoms with Gasteiger partial charge >= 0.3 is 11.9 Å². The molecule has 1 heterocycles. The molecule has 3 fully saturated rings. The Labute approximate surface area is 215 Å². The molecule has 1 aliphatic heterocycles. The SMILES string of the molecule is C=C/C=C(\C=C)[S+](c1ccccc1)c1cc(C)c(OCC(=O)OC2C3CC4C(=O)OC2C4C3)c(C)c1. The Hall–Kier alpha value is -3.25. The van der Waals surface area contributed by atoms with Gasteiger partial charge < -0.3 is 14.2 Å². The van der Waals surface area contributed by atoms with Gasteiger partial charge in [-0.05, 0) is 62.1 Å². The van der Waals surface area contributed by atoms with Gasteiger partial charge in [0.15, 0.2) is 21.3 Å². The second kappa shape index (κ2) is 10.0. The van der Waals surface area contributed by atoms with E-state index < -0.39 is 5.97 Å². The van der Waals surface area contributed by atoms with Crippen LogP contribution in [0.3, 0.4) is 0 Å². The second-order valence-corrected chi connectivity index (χ2v) is 11.7. The monoisotopic (exact) mass is 503 g/mol. The average Bonchev–Trinajstić information content (AvgIpc) is 3.49. The molecular weight excluding hydrogens is 472 g/mol. The first-order valence-electron chi connectivity index (χ1n) is 12.3. The fraction of sp³-hybridized carbons (Fsp3) is 0.333. The topological polar surface area (TPSA) is 61.8 Å². The van der Waals surface area contributed by atoms with E-state index in [1.165, 1.54) is 4.90 Å². The number of carbonyl (C=O) groups is 2. The molecule has 5 rings (SSSR count). The summed E-state index contributed by atoms with van der Waals surface area (Å²) in [6.07, 6.45) is 6.68. The molecule has 2 saturated carbocycles. The van der Waals surface area contributed by atoms with Crippen LogP contribution in [0, 0.1) is 31.6 Å². The van der Waals surface area contributed by atoms with Crippen molar-refractivity contribution in [2.45, 2.75) is 48.7 Å². The highest BCUT2D eigenvalue weighted by atomic mass is 32.2. The molecule has 2 aromatic carbocycles. The zero-order valence-electron chi connectivity index (χ0n) is 20.6. The number of benzene rings is 2. The number of esters is 2. The van der Waals surface area contributed by atoms with Crippen LogP contribution in [0.25, 0.3) is 0 Å². The summed E-state index contributed by atoms with van der Waals surface area (Å²) in [6.45, 7) is 11.7. The van der Waals surface area contributed by atoms with E-state index in [0.29, 0.717) is 5.75 Å². The quantitative estimate of drug-likeness (QED) is 0.258. The van der Waals surface area contributed by atoms with Crippen LogP contribution in [0.15, 0.2) is 88.5 Å². The van der Waals surface area contributed by atoms with E-state index in [4.69, 9.17) is 14.2 Å². The standard InChI is InChI=1S/C30H31O5S/c1-5-10-21(6-2)36(22-11-8-7-9-12-22)23-13-18(3)27(19(4)14-23)33-17-26(31)34-28-20-15-24-25(16-20)30(32)35-29(24)28/h5-14,20,24-25,28-29H,1-2,15-17H2,3-4H3/q+1/b21-10+. The van der Waals surface area contributed by atoms with Crippen molar-refractivity contribution in [3.63, 3.8) is 0 Å². The second-order valence-electron chi connectivity index (χ2n) is 9.66. The van der Waals surface area contributed by atoms with E-state index in [9.17, 15) is 9.59 Å². The Morgan fingerprint density at radius 1 is 1.11 bits per heavy atom. The van der Waals surface area contributed by atoms with E-state index in [1.807, 2.05) is 44.2 Å². The predicted molar refractivity (Wildman–Crippen MR) is 140 cm³/mol. The number of ether oxygens (including phenoxy) is 3. The number of rotatable bonds is 9. The number of carbonyl (C=O) groups excluding carboxylic acids is 2. The summed E-state index contributed by atoms with van der Waals surface area (Å²) >= 11 is 0. The molecule has 6 heteroatoms. The third-order valence-corrected chi connectivity index (χ3v) is 9.61. The van der Waals surface area contributed by atoms with Crippen molar-refractivity contribution >= 4 is 22.8 Å². The van der Waals surface area contributed by atoms with E-state index in [-0.39, 0.29) is 53.4 Å². The third-order valence-electron chi connectivity index (χ3n) is 7.38. The molecule has 0 spiro atoms. The van der Waals surface area contributed by atoms with Gasteiger partial charge in [-0.1, -0.05) is 37.4 Å². The molecule has 0 amide bonds. The van der Waals surface area contributed by atoms with Crippen molar-refractivity contribution in [1.82, 2.24) is 0 Å². The fourth-order valence-corrected chi connectivity index (χ4v) is 8.17. The first kappa shape index (κ1) is 24.4. The van der Waals surface area contributed by atoms with Crippen LogP contribution in [0.2, 0.25) is 0 Å². The summed E-state index contributed by atoms with van der Waals surface area (Å²) < 4.78 is 17.2. The molecule has 6 unspecified atom stereocenters. The van der Waals surface area contributed by atoms with E-state index in [1.54, 1.807) is 6.08 Å². The highest BCUT2D eigenvalue weighted by Gasteiger charge is 2.63. The molecule has 36 heavy (non-hydrogen) atoms. The van der Waals surface area contributed by atoms with Crippen molar-refractivity contribution < 1.29 is 23.8 Å². The van der Waals surface area contributed by atoms with Gasteiger partial charge in [-0.15, -0.1) is 0 Å². The number of aryl methyl sites for hydroxylation is 2. The van der Waals surface area contributed by atoms with Crippen LogP contribution in [0.4, 0.5) is 0 Å². The number of hydrogen-bond donors (Lipinski definition) is 0. The highest BCUT2D eigenvalue weighted by molar-refractivity contribution is 8.00. The van der Waals surface area contributed by atoms with Crippen molar-refractivity contribution in [3.8, 4) is 5.75 Å². The molecule has 0 N–H and O–H groups in total. The van der Waals surface area contributed by atoms with Gasteiger partial charge in [0.05, 0.1) is 16.8 Å². The van der Waals surface area contributed by atoms with Crippen molar-refractivity contribution in [2.24, 2.45) is 17.8 Å². The van der Waals surface area contributed by atoms with E-state index in [2.05, 4.69) is 37.4 Å². The molecule has 0 radical (unpaired) electrons. The summed E-state index contributed by atoms with van der Waals surface area (Å²) in [7, 11) is -0.356. The molecule has 186 valence electrons. The van der Waals surface area contributed by atoms with Gasteiger partial charge in [-0.2, -0.15) is 0 Å². The minimum absolute atomic E-state index is 0.00151. The molecule has 2 aliphatic carbocycles. The molecule has 2 bridgehead atoms.